The summed E-state index contributed by atoms with van der Waals surface area (Å²) in [5, 5.41) is 3.39. The van der Waals surface area contributed by atoms with E-state index in [1.807, 2.05) is 12.3 Å². The molecule has 0 saturated heterocycles. The van der Waals surface area contributed by atoms with Crippen molar-refractivity contribution in [2.24, 2.45) is 0 Å². The minimum absolute atomic E-state index is 0.778. The fraction of sp³-hybridized carbons (Fsp3) is 0.312. The molecule has 0 radical (unpaired) electrons. The lowest BCUT2D eigenvalue weighted by Crippen LogP contribution is -2.00. The van der Waals surface area contributed by atoms with Crippen molar-refractivity contribution in [3.63, 3.8) is 0 Å². The Balaban J connectivity index is 1.96. The third-order valence-electron chi connectivity index (χ3n) is 3.33. The molecule has 3 nitrogen and oxygen atoms in total. The summed E-state index contributed by atoms with van der Waals surface area (Å²) in [6.45, 7) is 3.92. The Kier molecular flexibility index (Phi) is 3.36. The van der Waals surface area contributed by atoms with Crippen molar-refractivity contribution in [2.75, 3.05) is 18.5 Å². The number of fused-ring (bicyclic) bond motifs is 1. The van der Waals surface area contributed by atoms with Gasteiger partial charge in [0.05, 0.1) is 12.3 Å². The van der Waals surface area contributed by atoms with E-state index in [0.717, 1.165) is 48.7 Å². The number of rotatable bonds is 4. The average molecular weight is 254 g/mol. The average Bonchev–Trinajstić information content (AvgIpc) is 2.93. The van der Waals surface area contributed by atoms with Gasteiger partial charge in [0.15, 0.2) is 0 Å². The van der Waals surface area contributed by atoms with Gasteiger partial charge in [-0.15, -0.1) is 0 Å². The highest BCUT2D eigenvalue weighted by Crippen LogP contribution is 2.36. The van der Waals surface area contributed by atoms with Crippen LogP contribution in [-0.2, 0) is 6.42 Å². The van der Waals surface area contributed by atoms with E-state index < -0.39 is 0 Å². The molecular weight excluding hydrogens is 236 g/mol. The molecule has 0 saturated carbocycles. The monoisotopic (exact) mass is 254 g/mol. The number of anilines is 1. The largest absolute Gasteiger partial charge is 0.492 e. The van der Waals surface area contributed by atoms with Crippen molar-refractivity contribution in [1.82, 2.24) is 4.98 Å². The van der Waals surface area contributed by atoms with Gasteiger partial charge in [0.2, 0.25) is 0 Å². The summed E-state index contributed by atoms with van der Waals surface area (Å²) in [5.74, 6) is 1.00. The van der Waals surface area contributed by atoms with Crippen molar-refractivity contribution in [2.45, 2.75) is 19.8 Å². The van der Waals surface area contributed by atoms with Gasteiger partial charge in [-0.1, -0.05) is 19.1 Å². The van der Waals surface area contributed by atoms with Gasteiger partial charge >= 0.3 is 0 Å². The second kappa shape index (κ2) is 5.31. The topological polar surface area (TPSA) is 34.2 Å². The first kappa shape index (κ1) is 12.0. The summed E-state index contributed by atoms with van der Waals surface area (Å²) < 4.78 is 5.74. The van der Waals surface area contributed by atoms with Crippen LogP contribution >= 0.6 is 0 Å². The molecule has 0 unspecified atom stereocenters. The van der Waals surface area contributed by atoms with Crippen LogP contribution in [0.1, 0.15) is 18.9 Å². The minimum atomic E-state index is 0.778. The van der Waals surface area contributed by atoms with Crippen molar-refractivity contribution in [1.29, 1.82) is 0 Å². The minimum Gasteiger partial charge on any atom is -0.492 e. The number of hydrogen-bond donors (Lipinski definition) is 1. The Morgan fingerprint density at radius 3 is 3.16 bits per heavy atom. The van der Waals surface area contributed by atoms with Gasteiger partial charge in [0.1, 0.15) is 5.75 Å². The second-order valence-electron chi connectivity index (χ2n) is 4.75. The fourth-order valence-corrected chi connectivity index (χ4v) is 2.37. The van der Waals surface area contributed by atoms with Crippen LogP contribution in [0.5, 0.6) is 5.75 Å². The Bertz CT molecular complexity index is 581. The standard InChI is InChI=1S/C16H18N2O/c1-2-8-17-13-6-9-18-15(11-13)14-5-3-4-12-7-10-19-16(12)14/h3-6,9,11H,2,7-8,10H2,1H3,(H,17,18). The van der Waals surface area contributed by atoms with Crippen LogP contribution in [0.25, 0.3) is 11.3 Å². The van der Waals surface area contributed by atoms with E-state index in [1.54, 1.807) is 0 Å². The van der Waals surface area contributed by atoms with Gasteiger partial charge in [-0.3, -0.25) is 4.98 Å². The molecule has 0 fully saturated rings. The zero-order chi connectivity index (χ0) is 13.1. The predicted octanol–water partition coefficient (Wildman–Crippen LogP) is 3.51. The first-order chi connectivity index (χ1) is 9.38. The van der Waals surface area contributed by atoms with Crippen LogP contribution in [-0.4, -0.2) is 18.1 Å². The lowest BCUT2D eigenvalue weighted by Gasteiger charge is -2.09. The third-order valence-corrected chi connectivity index (χ3v) is 3.33. The first-order valence-corrected chi connectivity index (χ1v) is 6.83. The molecule has 1 aliphatic rings. The number of nitrogens with one attached hydrogen (secondary N) is 1. The number of aromatic nitrogens is 1. The summed E-state index contributed by atoms with van der Waals surface area (Å²) >= 11 is 0. The van der Waals surface area contributed by atoms with Crippen molar-refractivity contribution < 1.29 is 4.74 Å². The van der Waals surface area contributed by atoms with E-state index in [2.05, 4.69) is 41.5 Å². The molecule has 2 aromatic rings. The molecular formula is C16H18N2O. The van der Waals surface area contributed by atoms with E-state index in [0.29, 0.717) is 0 Å². The maximum atomic E-state index is 5.74. The maximum Gasteiger partial charge on any atom is 0.132 e. The third kappa shape index (κ3) is 2.41. The number of para-hydroxylation sites is 1. The lowest BCUT2D eigenvalue weighted by atomic mass is 10.0. The molecule has 0 aliphatic carbocycles. The van der Waals surface area contributed by atoms with Gasteiger partial charge < -0.3 is 10.1 Å². The van der Waals surface area contributed by atoms with Crippen LogP contribution in [0.3, 0.4) is 0 Å². The summed E-state index contributed by atoms with van der Waals surface area (Å²) in [6.07, 6.45) is 3.96. The Hall–Kier alpha value is -2.03. The highest BCUT2D eigenvalue weighted by Gasteiger charge is 2.17. The van der Waals surface area contributed by atoms with Gasteiger partial charge in [-0.25, -0.2) is 0 Å². The quantitative estimate of drug-likeness (QED) is 0.906. The number of pyridine rings is 1. The predicted molar refractivity (Wildman–Crippen MR) is 77.7 cm³/mol. The molecule has 3 heteroatoms. The van der Waals surface area contributed by atoms with Crippen LogP contribution in [0.2, 0.25) is 0 Å². The molecule has 0 spiro atoms. The number of benzene rings is 1. The number of hydrogen-bond acceptors (Lipinski definition) is 3. The zero-order valence-electron chi connectivity index (χ0n) is 11.1. The van der Waals surface area contributed by atoms with E-state index in [-0.39, 0.29) is 0 Å². The smallest absolute Gasteiger partial charge is 0.132 e. The molecule has 0 atom stereocenters. The van der Waals surface area contributed by atoms with E-state index >= 15 is 0 Å². The molecule has 1 aromatic carbocycles. The second-order valence-corrected chi connectivity index (χ2v) is 4.75. The van der Waals surface area contributed by atoms with E-state index in [9.17, 15) is 0 Å². The summed E-state index contributed by atoms with van der Waals surface area (Å²) in [6, 6.07) is 10.4. The van der Waals surface area contributed by atoms with Crippen LogP contribution in [0.15, 0.2) is 36.5 Å². The van der Waals surface area contributed by atoms with Crippen LogP contribution in [0, 0.1) is 0 Å². The molecule has 19 heavy (non-hydrogen) atoms. The number of nitrogens with zero attached hydrogens (tertiary/aromatic N) is 1. The fourth-order valence-electron chi connectivity index (χ4n) is 2.37. The zero-order valence-corrected chi connectivity index (χ0v) is 11.1. The molecule has 1 aliphatic heterocycles. The van der Waals surface area contributed by atoms with Gasteiger partial charge in [0.25, 0.3) is 0 Å². The van der Waals surface area contributed by atoms with Crippen molar-refractivity contribution in [3.8, 4) is 17.0 Å². The Labute approximate surface area is 113 Å². The summed E-state index contributed by atoms with van der Waals surface area (Å²) in [7, 11) is 0. The summed E-state index contributed by atoms with van der Waals surface area (Å²) in [4.78, 5) is 4.48. The SMILES string of the molecule is CCCNc1ccnc(-c2cccc3c2OCC3)c1. The first-order valence-electron chi connectivity index (χ1n) is 6.83. The van der Waals surface area contributed by atoms with Gasteiger partial charge in [0, 0.05) is 30.4 Å². The molecule has 1 aromatic heterocycles. The molecule has 98 valence electrons. The molecule has 1 N–H and O–H groups in total. The van der Waals surface area contributed by atoms with Crippen molar-refractivity contribution >= 4 is 5.69 Å². The normalized spacial score (nSPS) is 12.9. The highest BCUT2D eigenvalue weighted by atomic mass is 16.5. The number of ether oxygens (including phenoxy) is 1. The lowest BCUT2D eigenvalue weighted by molar-refractivity contribution is 0.358. The molecule has 0 amide bonds. The Morgan fingerprint density at radius 1 is 1.32 bits per heavy atom. The van der Waals surface area contributed by atoms with E-state index in [4.69, 9.17) is 4.74 Å². The van der Waals surface area contributed by atoms with E-state index in [1.165, 1.54) is 5.56 Å². The van der Waals surface area contributed by atoms with Gasteiger partial charge in [-0.2, -0.15) is 0 Å². The Morgan fingerprint density at radius 2 is 2.26 bits per heavy atom. The summed E-state index contributed by atoms with van der Waals surface area (Å²) in [5.41, 5.74) is 4.46. The van der Waals surface area contributed by atoms with Crippen LogP contribution < -0.4 is 10.1 Å². The van der Waals surface area contributed by atoms with Gasteiger partial charge in [-0.05, 0) is 30.2 Å². The molecule has 0 bridgehead atoms. The maximum absolute atomic E-state index is 5.74. The van der Waals surface area contributed by atoms with Crippen molar-refractivity contribution in [3.05, 3.63) is 42.1 Å². The molecule has 3 rings (SSSR count). The highest BCUT2D eigenvalue weighted by molar-refractivity contribution is 5.72. The van der Waals surface area contributed by atoms with Crippen LogP contribution in [0.4, 0.5) is 5.69 Å². The molecule has 2 heterocycles.